The van der Waals surface area contributed by atoms with Crippen molar-refractivity contribution in [2.24, 2.45) is 0 Å². The molecule has 2 rings (SSSR count). The first kappa shape index (κ1) is 22.6. The van der Waals surface area contributed by atoms with E-state index in [1.165, 1.54) is 12.5 Å². The molecule has 1 atom stereocenters. The van der Waals surface area contributed by atoms with E-state index in [0.29, 0.717) is 6.54 Å². The fourth-order valence-electron chi connectivity index (χ4n) is 3.32. The molecule has 2 amide bonds. The van der Waals surface area contributed by atoms with Crippen LogP contribution in [0.15, 0.2) is 48.5 Å². The number of amides is 2. The van der Waals surface area contributed by atoms with E-state index >= 15 is 0 Å². The topological polar surface area (TPSA) is 61.4 Å². The second-order valence-electron chi connectivity index (χ2n) is 7.37. The molecule has 0 aliphatic rings. The highest BCUT2D eigenvalue weighted by Crippen LogP contribution is 2.18. The Morgan fingerprint density at radius 2 is 1.59 bits per heavy atom. The third-order valence-electron chi connectivity index (χ3n) is 5.13. The SMILES string of the molecule is CCN(CC)Cc1ccccc1CNC(=O)CC(NC(C)=O)c1ccc(C)cc1. The maximum Gasteiger partial charge on any atom is 0.222 e. The first-order valence-corrected chi connectivity index (χ1v) is 10.3. The van der Waals surface area contributed by atoms with Crippen LogP contribution < -0.4 is 10.6 Å². The standard InChI is InChI=1S/C24H33N3O2/c1-5-27(6-2)17-22-10-8-7-9-21(22)16-25-24(29)15-23(26-19(4)28)20-13-11-18(3)12-14-20/h7-14,23H,5-6,15-17H2,1-4H3,(H,25,29)(H,26,28). The molecule has 0 saturated heterocycles. The molecule has 5 nitrogen and oxygen atoms in total. The van der Waals surface area contributed by atoms with Crippen LogP contribution in [0.1, 0.15) is 55.5 Å². The fourth-order valence-corrected chi connectivity index (χ4v) is 3.32. The molecule has 1 unspecified atom stereocenters. The van der Waals surface area contributed by atoms with Gasteiger partial charge < -0.3 is 10.6 Å². The lowest BCUT2D eigenvalue weighted by Crippen LogP contribution is -2.32. The average molecular weight is 396 g/mol. The number of nitrogens with one attached hydrogen (secondary N) is 2. The van der Waals surface area contributed by atoms with Crippen molar-refractivity contribution in [2.45, 2.75) is 53.2 Å². The summed E-state index contributed by atoms with van der Waals surface area (Å²) in [7, 11) is 0. The van der Waals surface area contributed by atoms with E-state index in [1.807, 2.05) is 43.3 Å². The number of hydrogen-bond acceptors (Lipinski definition) is 3. The van der Waals surface area contributed by atoms with Crippen molar-refractivity contribution >= 4 is 11.8 Å². The molecule has 0 fully saturated rings. The van der Waals surface area contributed by atoms with Crippen molar-refractivity contribution in [1.82, 2.24) is 15.5 Å². The van der Waals surface area contributed by atoms with Gasteiger partial charge >= 0.3 is 0 Å². The smallest absolute Gasteiger partial charge is 0.222 e. The van der Waals surface area contributed by atoms with Crippen LogP contribution in [0.2, 0.25) is 0 Å². The molecule has 0 saturated carbocycles. The number of rotatable bonds is 10. The number of nitrogens with zero attached hydrogens (tertiary/aromatic N) is 1. The van der Waals surface area contributed by atoms with Gasteiger partial charge in [0.2, 0.25) is 11.8 Å². The monoisotopic (exact) mass is 395 g/mol. The minimum atomic E-state index is -0.334. The highest BCUT2D eigenvalue weighted by Gasteiger charge is 2.17. The Hall–Kier alpha value is -2.66. The van der Waals surface area contributed by atoms with Crippen molar-refractivity contribution in [3.63, 3.8) is 0 Å². The number of aryl methyl sites for hydroxylation is 1. The van der Waals surface area contributed by atoms with Gasteiger partial charge in [0.15, 0.2) is 0 Å². The fraction of sp³-hybridized carbons (Fsp3) is 0.417. The molecule has 2 aromatic rings. The Bertz CT molecular complexity index is 798. The van der Waals surface area contributed by atoms with Gasteiger partial charge in [0.05, 0.1) is 12.5 Å². The van der Waals surface area contributed by atoms with Crippen LogP contribution in [-0.2, 0) is 22.7 Å². The predicted octanol–water partition coefficient (Wildman–Crippen LogP) is 3.72. The summed E-state index contributed by atoms with van der Waals surface area (Å²) in [5.74, 6) is -0.227. The quantitative estimate of drug-likeness (QED) is 0.644. The van der Waals surface area contributed by atoms with Crippen LogP contribution in [0.5, 0.6) is 0 Å². The van der Waals surface area contributed by atoms with E-state index in [0.717, 1.165) is 36.3 Å². The Morgan fingerprint density at radius 3 is 2.17 bits per heavy atom. The van der Waals surface area contributed by atoms with Crippen molar-refractivity contribution in [2.75, 3.05) is 13.1 Å². The molecule has 0 heterocycles. The average Bonchev–Trinajstić information content (AvgIpc) is 2.71. The van der Waals surface area contributed by atoms with Gasteiger partial charge in [-0.2, -0.15) is 0 Å². The molecule has 2 N–H and O–H groups in total. The zero-order valence-electron chi connectivity index (χ0n) is 18.0. The van der Waals surface area contributed by atoms with E-state index in [9.17, 15) is 9.59 Å². The molecule has 0 aromatic heterocycles. The lowest BCUT2D eigenvalue weighted by molar-refractivity contribution is -0.122. The summed E-state index contributed by atoms with van der Waals surface area (Å²) in [5.41, 5.74) is 4.43. The van der Waals surface area contributed by atoms with Crippen LogP contribution in [0.3, 0.4) is 0 Å². The Kier molecular flexibility index (Phi) is 8.87. The van der Waals surface area contributed by atoms with E-state index in [4.69, 9.17) is 0 Å². The Balaban J connectivity index is 2.02. The molecular weight excluding hydrogens is 362 g/mol. The number of benzene rings is 2. The second kappa shape index (κ2) is 11.4. The van der Waals surface area contributed by atoms with E-state index in [1.54, 1.807) is 0 Å². The lowest BCUT2D eigenvalue weighted by Gasteiger charge is -2.21. The van der Waals surface area contributed by atoms with Crippen LogP contribution in [-0.4, -0.2) is 29.8 Å². The number of carbonyl (C=O) groups excluding carboxylic acids is 2. The molecule has 5 heteroatoms. The molecule has 2 aromatic carbocycles. The van der Waals surface area contributed by atoms with Gasteiger partial charge in [0, 0.05) is 20.0 Å². The normalized spacial score (nSPS) is 11.9. The molecule has 0 aliphatic heterocycles. The highest BCUT2D eigenvalue weighted by atomic mass is 16.2. The third-order valence-corrected chi connectivity index (χ3v) is 5.13. The third kappa shape index (κ3) is 7.35. The molecule has 0 aliphatic carbocycles. The Labute approximate surface area is 174 Å². The highest BCUT2D eigenvalue weighted by molar-refractivity contribution is 5.79. The molecule has 156 valence electrons. The number of hydrogen-bond donors (Lipinski definition) is 2. The van der Waals surface area contributed by atoms with Gasteiger partial charge in [-0.05, 0) is 36.7 Å². The summed E-state index contributed by atoms with van der Waals surface area (Å²) in [6.45, 7) is 11.1. The molecular formula is C24H33N3O2. The van der Waals surface area contributed by atoms with E-state index in [-0.39, 0.29) is 24.3 Å². The van der Waals surface area contributed by atoms with Crippen LogP contribution in [0.4, 0.5) is 0 Å². The summed E-state index contributed by atoms with van der Waals surface area (Å²) in [6, 6.07) is 15.8. The predicted molar refractivity (Wildman–Crippen MR) is 117 cm³/mol. The number of carbonyl (C=O) groups is 2. The first-order valence-electron chi connectivity index (χ1n) is 10.3. The summed E-state index contributed by atoms with van der Waals surface area (Å²) < 4.78 is 0. The van der Waals surface area contributed by atoms with E-state index in [2.05, 4.69) is 41.5 Å². The van der Waals surface area contributed by atoms with Gasteiger partial charge in [-0.15, -0.1) is 0 Å². The maximum absolute atomic E-state index is 12.6. The molecule has 0 radical (unpaired) electrons. The first-order chi connectivity index (χ1) is 13.9. The van der Waals surface area contributed by atoms with Gasteiger partial charge in [-0.3, -0.25) is 14.5 Å². The molecule has 29 heavy (non-hydrogen) atoms. The second-order valence-corrected chi connectivity index (χ2v) is 7.37. The van der Waals surface area contributed by atoms with Crippen molar-refractivity contribution in [3.05, 3.63) is 70.8 Å². The van der Waals surface area contributed by atoms with Gasteiger partial charge in [0.1, 0.15) is 0 Å². The van der Waals surface area contributed by atoms with Crippen LogP contribution in [0, 0.1) is 6.92 Å². The summed E-state index contributed by atoms with van der Waals surface area (Å²) in [5, 5.41) is 5.92. The maximum atomic E-state index is 12.6. The van der Waals surface area contributed by atoms with Crippen LogP contribution >= 0.6 is 0 Å². The molecule has 0 spiro atoms. The zero-order chi connectivity index (χ0) is 21.2. The van der Waals surface area contributed by atoms with Crippen LogP contribution in [0.25, 0.3) is 0 Å². The minimum absolute atomic E-state index is 0.0815. The summed E-state index contributed by atoms with van der Waals surface area (Å²) in [6.07, 6.45) is 0.209. The Morgan fingerprint density at radius 1 is 0.966 bits per heavy atom. The zero-order valence-corrected chi connectivity index (χ0v) is 18.0. The van der Waals surface area contributed by atoms with Gasteiger partial charge in [-0.1, -0.05) is 67.9 Å². The summed E-state index contributed by atoms with van der Waals surface area (Å²) in [4.78, 5) is 26.6. The van der Waals surface area contributed by atoms with Crippen molar-refractivity contribution in [1.29, 1.82) is 0 Å². The van der Waals surface area contributed by atoms with Gasteiger partial charge in [0.25, 0.3) is 0 Å². The minimum Gasteiger partial charge on any atom is -0.352 e. The molecule has 0 bridgehead atoms. The van der Waals surface area contributed by atoms with Gasteiger partial charge in [-0.25, -0.2) is 0 Å². The van der Waals surface area contributed by atoms with Crippen molar-refractivity contribution < 1.29 is 9.59 Å². The lowest BCUT2D eigenvalue weighted by atomic mass is 10.0. The summed E-state index contributed by atoms with van der Waals surface area (Å²) >= 11 is 0. The van der Waals surface area contributed by atoms with E-state index < -0.39 is 0 Å². The van der Waals surface area contributed by atoms with Crippen molar-refractivity contribution in [3.8, 4) is 0 Å². The largest absolute Gasteiger partial charge is 0.352 e.